The van der Waals surface area contributed by atoms with Gasteiger partial charge in [0.1, 0.15) is 0 Å². The number of pyridine rings is 1. The molecule has 0 aliphatic heterocycles. The Balaban J connectivity index is 2.11. The molecule has 2 rings (SSSR count). The smallest absolute Gasteiger partial charge is 0.203 e. The van der Waals surface area contributed by atoms with Gasteiger partial charge in [0.15, 0.2) is 0 Å². The third kappa shape index (κ3) is 2.88. The maximum atomic E-state index is 4.36. The summed E-state index contributed by atoms with van der Waals surface area (Å²) < 4.78 is 0. The molecule has 0 amide bonds. The molecule has 17 heavy (non-hydrogen) atoms. The lowest BCUT2D eigenvalue weighted by atomic mass is 10.2. The quantitative estimate of drug-likeness (QED) is 0.669. The van der Waals surface area contributed by atoms with Crippen LogP contribution in [0.3, 0.4) is 0 Å². The van der Waals surface area contributed by atoms with E-state index in [0.717, 1.165) is 22.1 Å². The molecule has 0 atom stereocenters. The highest BCUT2D eigenvalue weighted by atomic mass is 32.1. The van der Waals surface area contributed by atoms with Gasteiger partial charge in [-0.3, -0.25) is 10.4 Å². The average molecular weight is 246 g/mol. The molecule has 0 aliphatic rings. The molecule has 2 aromatic rings. The number of rotatable bonds is 3. The fourth-order valence-electron chi connectivity index (χ4n) is 1.29. The molecular formula is C12H14N4S. The summed E-state index contributed by atoms with van der Waals surface area (Å²) in [5, 5.41) is 5.12. The zero-order chi connectivity index (χ0) is 12.3. The van der Waals surface area contributed by atoms with Gasteiger partial charge in [-0.25, -0.2) is 4.98 Å². The molecule has 4 nitrogen and oxygen atoms in total. The zero-order valence-electron chi connectivity index (χ0n) is 10.1. The third-order valence-electron chi connectivity index (χ3n) is 2.43. The van der Waals surface area contributed by atoms with Gasteiger partial charge in [0.05, 0.1) is 11.4 Å². The summed E-state index contributed by atoms with van der Waals surface area (Å²) in [6, 6.07) is 3.87. The number of aryl methyl sites for hydroxylation is 2. The molecule has 5 heteroatoms. The van der Waals surface area contributed by atoms with Crippen molar-refractivity contribution in [2.24, 2.45) is 5.10 Å². The predicted octanol–water partition coefficient (Wildman–Crippen LogP) is 2.99. The van der Waals surface area contributed by atoms with Crippen molar-refractivity contribution in [2.45, 2.75) is 20.8 Å². The molecule has 0 unspecified atom stereocenters. The van der Waals surface area contributed by atoms with E-state index < -0.39 is 0 Å². The number of hydrogen-bond acceptors (Lipinski definition) is 5. The minimum atomic E-state index is 0.822. The largest absolute Gasteiger partial charge is 0.264 e. The van der Waals surface area contributed by atoms with E-state index in [0.29, 0.717) is 0 Å². The van der Waals surface area contributed by atoms with E-state index in [1.807, 2.05) is 26.0 Å². The molecular weight excluding hydrogens is 232 g/mol. The van der Waals surface area contributed by atoms with E-state index >= 15 is 0 Å². The van der Waals surface area contributed by atoms with Gasteiger partial charge in [0.25, 0.3) is 0 Å². The highest BCUT2D eigenvalue weighted by molar-refractivity contribution is 7.15. The van der Waals surface area contributed by atoms with Crippen LogP contribution >= 0.6 is 11.3 Å². The Labute approximate surface area is 104 Å². The minimum absolute atomic E-state index is 0.822. The first-order chi connectivity index (χ1) is 8.16. The standard InChI is InChI=1S/C12H14N4S/c1-8-10(3)17-12(14-8)16-15-9(2)11-5-4-6-13-7-11/h4-7H,1-3H3,(H,14,16)/b15-9-. The molecule has 0 aromatic carbocycles. The van der Waals surface area contributed by atoms with Crippen LogP contribution in [0.1, 0.15) is 23.1 Å². The summed E-state index contributed by atoms with van der Waals surface area (Å²) in [7, 11) is 0. The molecule has 2 aromatic heterocycles. The van der Waals surface area contributed by atoms with Crippen LogP contribution in [0, 0.1) is 13.8 Å². The van der Waals surface area contributed by atoms with E-state index in [2.05, 4.69) is 27.4 Å². The normalized spacial score (nSPS) is 11.6. The van der Waals surface area contributed by atoms with Gasteiger partial charge in [0.2, 0.25) is 5.13 Å². The predicted molar refractivity (Wildman–Crippen MR) is 71.7 cm³/mol. The van der Waals surface area contributed by atoms with Crippen molar-refractivity contribution in [2.75, 3.05) is 5.43 Å². The van der Waals surface area contributed by atoms with Crippen LogP contribution in [-0.4, -0.2) is 15.7 Å². The lowest BCUT2D eigenvalue weighted by Gasteiger charge is -1.99. The van der Waals surface area contributed by atoms with Gasteiger partial charge in [-0.1, -0.05) is 6.07 Å². The van der Waals surface area contributed by atoms with Crippen molar-refractivity contribution < 1.29 is 0 Å². The third-order valence-corrected chi connectivity index (χ3v) is 3.40. The van der Waals surface area contributed by atoms with Crippen molar-refractivity contribution in [1.29, 1.82) is 0 Å². The van der Waals surface area contributed by atoms with Gasteiger partial charge in [-0.2, -0.15) is 5.10 Å². The summed E-state index contributed by atoms with van der Waals surface area (Å²) in [5.41, 5.74) is 5.92. The molecule has 0 spiro atoms. The Morgan fingerprint density at radius 1 is 1.41 bits per heavy atom. The molecule has 2 heterocycles. The van der Waals surface area contributed by atoms with Gasteiger partial charge >= 0.3 is 0 Å². The summed E-state index contributed by atoms with van der Waals surface area (Å²) >= 11 is 1.61. The van der Waals surface area contributed by atoms with E-state index in [1.165, 1.54) is 4.88 Å². The Morgan fingerprint density at radius 2 is 2.24 bits per heavy atom. The summed E-state index contributed by atoms with van der Waals surface area (Å²) in [6.07, 6.45) is 3.54. The fraction of sp³-hybridized carbons (Fsp3) is 0.250. The van der Waals surface area contributed by atoms with Crippen LogP contribution in [0.25, 0.3) is 0 Å². The van der Waals surface area contributed by atoms with Gasteiger partial charge in [-0.05, 0) is 26.8 Å². The van der Waals surface area contributed by atoms with Crippen LogP contribution in [0.4, 0.5) is 5.13 Å². The number of nitrogens with zero attached hydrogens (tertiary/aromatic N) is 3. The molecule has 0 saturated heterocycles. The molecule has 0 fully saturated rings. The van der Waals surface area contributed by atoms with Crippen molar-refractivity contribution >= 4 is 22.2 Å². The highest BCUT2D eigenvalue weighted by Crippen LogP contribution is 2.21. The number of anilines is 1. The van der Waals surface area contributed by atoms with Gasteiger partial charge in [-0.15, -0.1) is 11.3 Å². The minimum Gasteiger partial charge on any atom is -0.264 e. The fourth-order valence-corrected chi connectivity index (χ4v) is 2.05. The summed E-state index contributed by atoms with van der Waals surface area (Å²) in [5.74, 6) is 0. The van der Waals surface area contributed by atoms with E-state index in [-0.39, 0.29) is 0 Å². The molecule has 88 valence electrons. The topological polar surface area (TPSA) is 50.2 Å². The molecule has 0 aliphatic carbocycles. The number of hydrogen-bond donors (Lipinski definition) is 1. The van der Waals surface area contributed by atoms with Crippen LogP contribution in [-0.2, 0) is 0 Å². The molecule has 0 saturated carbocycles. The lowest BCUT2D eigenvalue weighted by Crippen LogP contribution is -1.99. The van der Waals surface area contributed by atoms with E-state index in [9.17, 15) is 0 Å². The second kappa shape index (κ2) is 5.05. The Kier molecular flexibility index (Phi) is 3.49. The zero-order valence-corrected chi connectivity index (χ0v) is 10.9. The van der Waals surface area contributed by atoms with Crippen molar-refractivity contribution in [3.8, 4) is 0 Å². The number of aromatic nitrogens is 2. The van der Waals surface area contributed by atoms with Gasteiger partial charge < -0.3 is 0 Å². The SMILES string of the molecule is C/C(=N/Nc1nc(C)c(C)s1)c1cccnc1. The van der Waals surface area contributed by atoms with E-state index in [1.54, 1.807) is 23.7 Å². The second-order valence-corrected chi connectivity index (χ2v) is 4.91. The van der Waals surface area contributed by atoms with Crippen LogP contribution in [0.5, 0.6) is 0 Å². The first kappa shape index (κ1) is 11.7. The maximum Gasteiger partial charge on any atom is 0.203 e. The molecule has 0 bridgehead atoms. The number of nitrogens with one attached hydrogen (secondary N) is 1. The Morgan fingerprint density at radius 3 is 2.82 bits per heavy atom. The lowest BCUT2D eigenvalue weighted by molar-refractivity contribution is 1.19. The first-order valence-corrected chi connectivity index (χ1v) is 6.13. The molecule has 0 radical (unpaired) electrons. The number of thiazole rings is 1. The monoisotopic (exact) mass is 246 g/mol. The average Bonchev–Trinajstić information content (AvgIpc) is 2.67. The molecule has 1 N–H and O–H groups in total. The Bertz CT molecular complexity index is 511. The number of hydrazone groups is 1. The van der Waals surface area contributed by atoms with Crippen molar-refractivity contribution in [1.82, 2.24) is 9.97 Å². The van der Waals surface area contributed by atoms with Crippen LogP contribution in [0.2, 0.25) is 0 Å². The van der Waals surface area contributed by atoms with Gasteiger partial charge in [0, 0.05) is 22.8 Å². The highest BCUT2D eigenvalue weighted by Gasteiger charge is 2.02. The summed E-state index contributed by atoms with van der Waals surface area (Å²) in [6.45, 7) is 5.99. The van der Waals surface area contributed by atoms with Crippen molar-refractivity contribution in [3.05, 3.63) is 40.7 Å². The summed E-state index contributed by atoms with van der Waals surface area (Å²) in [4.78, 5) is 9.63. The van der Waals surface area contributed by atoms with Crippen LogP contribution in [0.15, 0.2) is 29.6 Å². The first-order valence-electron chi connectivity index (χ1n) is 5.31. The van der Waals surface area contributed by atoms with Crippen LogP contribution < -0.4 is 5.43 Å². The van der Waals surface area contributed by atoms with E-state index in [4.69, 9.17) is 0 Å². The maximum absolute atomic E-state index is 4.36. The van der Waals surface area contributed by atoms with Crippen molar-refractivity contribution in [3.63, 3.8) is 0 Å². The second-order valence-electron chi connectivity index (χ2n) is 3.71. The Hall–Kier alpha value is -1.75.